The number of aromatic nitrogens is 2. The van der Waals surface area contributed by atoms with Gasteiger partial charge in [0.25, 0.3) is 0 Å². The summed E-state index contributed by atoms with van der Waals surface area (Å²) in [6.45, 7) is 11.1. The van der Waals surface area contributed by atoms with E-state index in [9.17, 15) is 0 Å². The van der Waals surface area contributed by atoms with Gasteiger partial charge in [0.2, 0.25) is 0 Å². The predicted octanol–water partition coefficient (Wildman–Crippen LogP) is 2.92. The van der Waals surface area contributed by atoms with Crippen LogP contribution in [0, 0.1) is 12.3 Å². The van der Waals surface area contributed by atoms with Gasteiger partial charge in [0, 0.05) is 18.3 Å². The molecule has 1 saturated carbocycles. The van der Waals surface area contributed by atoms with E-state index in [1.165, 1.54) is 25.0 Å². The van der Waals surface area contributed by atoms with Crippen molar-refractivity contribution in [2.75, 3.05) is 6.54 Å². The quantitative estimate of drug-likeness (QED) is 0.805. The summed E-state index contributed by atoms with van der Waals surface area (Å²) < 4.78 is 2.14. The monoisotopic (exact) mass is 249 g/mol. The van der Waals surface area contributed by atoms with Gasteiger partial charge in [0.15, 0.2) is 0 Å². The average Bonchev–Trinajstić information content (AvgIpc) is 3.02. The Hall–Kier alpha value is -0.830. The molecule has 1 N–H and O–H groups in total. The number of nitrogens with zero attached hydrogens (tertiary/aromatic N) is 2. The molecule has 1 heterocycles. The third-order valence-corrected chi connectivity index (χ3v) is 3.76. The molecule has 1 aromatic rings. The Kier molecular flexibility index (Phi) is 4.10. The highest BCUT2D eigenvalue weighted by molar-refractivity contribution is 5.10. The molecule has 0 unspecified atom stereocenters. The normalized spacial score (nSPS) is 16.2. The second kappa shape index (κ2) is 5.43. The Morgan fingerprint density at radius 1 is 1.44 bits per heavy atom. The lowest BCUT2D eigenvalue weighted by Crippen LogP contribution is -2.26. The predicted molar refractivity (Wildman–Crippen MR) is 75.8 cm³/mol. The maximum atomic E-state index is 4.53. The standard InChI is InChI=1S/C15H27N3/c1-5-18-14(10-12(2)17-18)11-15(3,4)8-9-16-13-6-7-13/h10,13,16H,5-9,11H2,1-4H3. The highest BCUT2D eigenvalue weighted by Gasteiger charge is 2.24. The highest BCUT2D eigenvalue weighted by Crippen LogP contribution is 2.27. The van der Waals surface area contributed by atoms with Crippen molar-refractivity contribution in [3.63, 3.8) is 0 Å². The van der Waals surface area contributed by atoms with Crippen molar-refractivity contribution in [2.24, 2.45) is 5.41 Å². The third kappa shape index (κ3) is 3.84. The summed E-state index contributed by atoms with van der Waals surface area (Å²) in [5.74, 6) is 0. The van der Waals surface area contributed by atoms with E-state index < -0.39 is 0 Å². The molecular formula is C15H27N3. The summed E-state index contributed by atoms with van der Waals surface area (Å²) in [5.41, 5.74) is 2.87. The van der Waals surface area contributed by atoms with Crippen LogP contribution in [-0.2, 0) is 13.0 Å². The van der Waals surface area contributed by atoms with Crippen LogP contribution in [0.4, 0.5) is 0 Å². The van der Waals surface area contributed by atoms with Crippen LogP contribution in [0.15, 0.2) is 6.07 Å². The molecule has 0 amide bonds. The highest BCUT2D eigenvalue weighted by atomic mass is 15.3. The molecule has 0 aromatic carbocycles. The SMILES string of the molecule is CCn1nc(C)cc1CC(C)(C)CCNC1CC1. The average molecular weight is 249 g/mol. The Bertz CT molecular complexity index is 388. The lowest BCUT2D eigenvalue weighted by atomic mass is 9.84. The first kappa shape index (κ1) is 13.6. The number of rotatable bonds is 7. The van der Waals surface area contributed by atoms with E-state index in [1.807, 2.05) is 0 Å². The smallest absolute Gasteiger partial charge is 0.0596 e. The van der Waals surface area contributed by atoms with E-state index in [1.54, 1.807) is 0 Å². The molecule has 1 aromatic heterocycles. The minimum absolute atomic E-state index is 0.348. The molecule has 0 bridgehead atoms. The van der Waals surface area contributed by atoms with Gasteiger partial charge in [-0.15, -0.1) is 0 Å². The number of nitrogens with one attached hydrogen (secondary N) is 1. The van der Waals surface area contributed by atoms with Crippen LogP contribution in [0.5, 0.6) is 0 Å². The van der Waals surface area contributed by atoms with E-state index in [0.717, 1.165) is 31.2 Å². The van der Waals surface area contributed by atoms with Crippen LogP contribution >= 0.6 is 0 Å². The van der Waals surface area contributed by atoms with E-state index in [0.29, 0.717) is 5.41 Å². The van der Waals surface area contributed by atoms with Gasteiger partial charge >= 0.3 is 0 Å². The first-order valence-corrected chi connectivity index (χ1v) is 7.27. The number of aryl methyl sites for hydroxylation is 2. The molecule has 0 aliphatic heterocycles. The topological polar surface area (TPSA) is 29.9 Å². The van der Waals surface area contributed by atoms with Gasteiger partial charge in [0.05, 0.1) is 5.69 Å². The van der Waals surface area contributed by atoms with Crippen LogP contribution in [-0.4, -0.2) is 22.4 Å². The van der Waals surface area contributed by atoms with Crippen LogP contribution in [0.1, 0.15) is 51.4 Å². The third-order valence-electron chi connectivity index (χ3n) is 3.76. The molecule has 2 rings (SSSR count). The van der Waals surface area contributed by atoms with Gasteiger partial charge in [-0.2, -0.15) is 5.10 Å². The second-order valence-corrected chi connectivity index (χ2v) is 6.41. The molecule has 18 heavy (non-hydrogen) atoms. The summed E-state index contributed by atoms with van der Waals surface area (Å²) in [4.78, 5) is 0. The fourth-order valence-electron chi connectivity index (χ4n) is 2.50. The molecule has 3 nitrogen and oxygen atoms in total. The van der Waals surface area contributed by atoms with Crippen LogP contribution in [0.25, 0.3) is 0 Å². The van der Waals surface area contributed by atoms with Crippen molar-refractivity contribution in [3.05, 3.63) is 17.5 Å². The molecule has 1 fully saturated rings. The van der Waals surface area contributed by atoms with Crippen molar-refractivity contribution in [1.82, 2.24) is 15.1 Å². The Balaban J connectivity index is 1.88. The first-order chi connectivity index (χ1) is 8.50. The second-order valence-electron chi connectivity index (χ2n) is 6.41. The van der Waals surface area contributed by atoms with Crippen LogP contribution in [0.2, 0.25) is 0 Å². The fourth-order valence-corrected chi connectivity index (χ4v) is 2.50. The van der Waals surface area contributed by atoms with E-state index >= 15 is 0 Å². The van der Waals surface area contributed by atoms with Crippen molar-refractivity contribution < 1.29 is 0 Å². The Morgan fingerprint density at radius 3 is 2.78 bits per heavy atom. The van der Waals surface area contributed by atoms with Crippen molar-refractivity contribution in [2.45, 2.75) is 66.0 Å². The summed E-state index contributed by atoms with van der Waals surface area (Å²) in [6, 6.07) is 3.06. The van der Waals surface area contributed by atoms with E-state index in [2.05, 4.69) is 48.9 Å². The Labute approximate surface area is 111 Å². The number of hydrogen-bond acceptors (Lipinski definition) is 2. The first-order valence-electron chi connectivity index (χ1n) is 7.27. The summed E-state index contributed by atoms with van der Waals surface area (Å²) in [5, 5.41) is 8.14. The maximum absolute atomic E-state index is 4.53. The van der Waals surface area contributed by atoms with Crippen molar-refractivity contribution >= 4 is 0 Å². The molecule has 3 heteroatoms. The van der Waals surface area contributed by atoms with Gasteiger partial charge in [-0.1, -0.05) is 13.8 Å². The van der Waals surface area contributed by atoms with Crippen molar-refractivity contribution in [3.8, 4) is 0 Å². The van der Waals surface area contributed by atoms with Gasteiger partial charge in [0.1, 0.15) is 0 Å². The van der Waals surface area contributed by atoms with E-state index in [4.69, 9.17) is 0 Å². The van der Waals surface area contributed by atoms with Gasteiger partial charge in [-0.3, -0.25) is 4.68 Å². The lowest BCUT2D eigenvalue weighted by Gasteiger charge is -2.25. The molecule has 0 saturated heterocycles. The van der Waals surface area contributed by atoms with Gasteiger partial charge in [-0.05, 0) is 57.6 Å². The fraction of sp³-hybridized carbons (Fsp3) is 0.800. The molecule has 0 spiro atoms. The Morgan fingerprint density at radius 2 is 2.17 bits per heavy atom. The zero-order chi connectivity index (χ0) is 13.2. The zero-order valence-electron chi connectivity index (χ0n) is 12.3. The van der Waals surface area contributed by atoms with Crippen LogP contribution < -0.4 is 5.32 Å². The molecule has 1 aliphatic carbocycles. The largest absolute Gasteiger partial charge is 0.314 e. The zero-order valence-corrected chi connectivity index (χ0v) is 12.3. The summed E-state index contributed by atoms with van der Waals surface area (Å²) in [7, 11) is 0. The maximum Gasteiger partial charge on any atom is 0.0596 e. The molecule has 0 atom stereocenters. The van der Waals surface area contributed by atoms with Crippen molar-refractivity contribution in [1.29, 1.82) is 0 Å². The van der Waals surface area contributed by atoms with Crippen LogP contribution in [0.3, 0.4) is 0 Å². The molecular weight excluding hydrogens is 222 g/mol. The summed E-state index contributed by atoms with van der Waals surface area (Å²) in [6.07, 6.45) is 5.11. The van der Waals surface area contributed by atoms with Gasteiger partial charge < -0.3 is 5.32 Å². The molecule has 102 valence electrons. The molecule has 0 radical (unpaired) electrons. The molecule has 1 aliphatic rings. The van der Waals surface area contributed by atoms with E-state index in [-0.39, 0.29) is 0 Å². The summed E-state index contributed by atoms with van der Waals surface area (Å²) >= 11 is 0. The minimum Gasteiger partial charge on any atom is -0.314 e. The van der Waals surface area contributed by atoms with Gasteiger partial charge in [-0.25, -0.2) is 0 Å². The minimum atomic E-state index is 0.348. The number of hydrogen-bond donors (Lipinski definition) is 1. The lowest BCUT2D eigenvalue weighted by molar-refractivity contribution is 0.315.